The molecular weight excluding hydrogens is 314 g/mol. The third-order valence-electron chi connectivity index (χ3n) is 3.84. The first-order valence-corrected chi connectivity index (χ1v) is 9.77. The average molecular weight is 339 g/mol. The first-order valence-electron chi connectivity index (χ1n) is 8.12. The maximum absolute atomic E-state index is 11.8. The number of carbonyl (C=O) groups excluding carboxylic acids is 1. The van der Waals surface area contributed by atoms with Gasteiger partial charge in [-0.15, -0.1) is 0 Å². The number of anilines is 2. The number of benzene rings is 1. The Kier molecular flexibility index (Phi) is 6.41. The van der Waals surface area contributed by atoms with Crippen molar-refractivity contribution in [1.82, 2.24) is 4.72 Å². The molecule has 0 radical (unpaired) electrons. The van der Waals surface area contributed by atoms with Gasteiger partial charge in [-0.2, -0.15) is 0 Å². The summed E-state index contributed by atoms with van der Waals surface area (Å²) in [6, 6.07) is 7.65. The Balaban J connectivity index is 1.80. The van der Waals surface area contributed by atoms with E-state index >= 15 is 0 Å². The number of nitrogens with zero attached hydrogens (tertiary/aromatic N) is 1. The van der Waals surface area contributed by atoms with E-state index < -0.39 is 10.0 Å². The third-order valence-corrected chi connectivity index (χ3v) is 5.25. The van der Waals surface area contributed by atoms with Crippen molar-refractivity contribution in [2.24, 2.45) is 0 Å². The van der Waals surface area contributed by atoms with Crippen LogP contribution in [0, 0.1) is 0 Å². The summed E-state index contributed by atoms with van der Waals surface area (Å²) in [5.74, 6) is -0.305. The number of nitrogens with one attached hydrogen (secondary N) is 2. The highest BCUT2D eigenvalue weighted by atomic mass is 32.2. The second kappa shape index (κ2) is 8.31. The molecule has 1 aromatic carbocycles. The minimum atomic E-state index is -3.37. The lowest BCUT2D eigenvalue weighted by Crippen LogP contribution is -2.34. The molecule has 0 bridgehead atoms. The zero-order chi connectivity index (χ0) is 16.7. The lowest BCUT2D eigenvalue weighted by Gasteiger charge is -2.17. The molecule has 0 aromatic heterocycles. The van der Waals surface area contributed by atoms with Crippen molar-refractivity contribution in [3.8, 4) is 0 Å². The van der Waals surface area contributed by atoms with Gasteiger partial charge in [-0.3, -0.25) is 4.79 Å². The number of sulfonamides is 1. The molecule has 0 atom stereocenters. The molecule has 128 valence electrons. The summed E-state index contributed by atoms with van der Waals surface area (Å²) < 4.78 is 25.6. The van der Waals surface area contributed by atoms with E-state index in [1.165, 1.54) is 12.8 Å². The SMILES string of the molecule is CCCCS(=O)(=O)NCC(=O)Nc1ccc(N2CCCC2)cc1. The highest BCUT2D eigenvalue weighted by Gasteiger charge is 2.13. The Bertz CT molecular complexity index is 608. The van der Waals surface area contributed by atoms with Crippen LogP contribution < -0.4 is 14.9 Å². The van der Waals surface area contributed by atoms with Gasteiger partial charge in [-0.1, -0.05) is 13.3 Å². The number of rotatable bonds is 8. The van der Waals surface area contributed by atoms with Gasteiger partial charge in [-0.25, -0.2) is 13.1 Å². The maximum atomic E-state index is 11.8. The van der Waals surface area contributed by atoms with Crippen LogP contribution >= 0.6 is 0 Å². The van der Waals surface area contributed by atoms with Crippen LogP contribution in [0.2, 0.25) is 0 Å². The second-order valence-corrected chi connectivity index (χ2v) is 7.71. The topological polar surface area (TPSA) is 78.5 Å². The molecule has 23 heavy (non-hydrogen) atoms. The predicted molar refractivity (Wildman–Crippen MR) is 93.2 cm³/mol. The van der Waals surface area contributed by atoms with Gasteiger partial charge >= 0.3 is 0 Å². The van der Waals surface area contributed by atoms with Gasteiger partial charge in [0.2, 0.25) is 15.9 Å². The smallest absolute Gasteiger partial charge is 0.239 e. The molecule has 1 aliphatic rings. The number of carbonyl (C=O) groups is 1. The van der Waals surface area contributed by atoms with Crippen molar-refractivity contribution in [3.05, 3.63) is 24.3 Å². The van der Waals surface area contributed by atoms with Crippen LogP contribution in [0.1, 0.15) is 32.6 Å². The molecule has 1 fully saturated rings. The highest BCUT2D eigenvalue weighted by molar-refractivity contribution is 7.89. The number of amides is 1. The summed E-state index contributed by atoms with van der Waals surface area (Å²) in [6.07, 6.45) is 3.83. The van der Waals surface area contributed by atoms with Gasteiger partial charge < -0.3 is 10.2 Å². The van der Waals surface area contributed by atoms with Crippen molar-refractivity contribution in [2.75, 3.05) is 35.6 Å². The van der Waals surface area contributed by atoms with Crippen molar-refractivity contribution in [2.45, 2.75) is 32.6 Å². The van der Waals surface area contributed by atoms with E-state index in [1.54, 1.807) is 0 Å². The minimum absolute atomic E-state index is 0.0569. The molecule has 6 nitrogen and oxygen atoms in total. The summed E-state index contributed by atoms with van der Waals surface area (Å²) >= 11 is 0. The monoisotopic (exact) mass is 339 g/mol. The van der Waals surface area contributed by atoms with Crippen LogP contribution in [-0.2, 0) is 14.8 Å². The number of hydrogen-bond donors (Lipinski definition) is 2. The van der Waals surface area contributed by atoms with E-state index in [4.69, 9.17) is 0 Å². The Morgan fingerprint density at radius 3 is 2.43 bits per heavy atom. The number of hydrogen-bond acceptors (Lipinski definition) is 4. The molecule has 0 aliphatic carbocycles. The van der Waals surface area contributed by atoms with Gasteiger partial charge in [0.05, 0.1) is 12.3 Å². The molecule has 0 saturated carbocycles. The van der Waals surface area contributed by atoms with E-state index in [0.717, 1.165) is 25.2 Å². The van der Waals surface area contributed by atoms with Crippen LogP contribution in [0.5, 0.6) is 0 Å². The Hall–Kier alpha value is -1.60. The largest absolute Gasteiger partial charge is 0.372 e. The van der Waals surface area contributed by atoms with E-state index in [0.29, 0.717) is 12.1 Å². The lowest BCUT2D eigenvalue weighted by atomic mass is 10.2. The molecule has 0 spiro atoms. The lowest BCUT2D eigenvalue weighted by molar-refractivity contribution is -0.115. The molecular formula is C16H25N3O3S. The van der Waals surface area contributed by atoms with E-state index in [1.807, 2.05) is 31.2 Å². The normalized spacial score (nSPS) is 14.9. The summed E-state index contributed by atoms with van der Waals surface area (Å²) in [4.78, 5) is 14.1. The van der Waals surface area contributed by atoms with E-state index in [2.05, 4.69) is 14.9 Å². The molecule has 2 N–H and O–H groups in total. The van der Waals surface area contributed by atoms with Crippen molar-refractivity contribution in [3.63, 3.8) is 0 Å². The third kappa shape index (κ3) is 5.84. The van der Waals surface area contributed by atoms with Crippen LogP contribution in [0.15, 0.2) is 24.3 Å². The fourth-order valence-corrected chi connectivity index (χ4v) is 3.68. The zero-order valence-electron chi connectivity index (χ0n) is 13.5. The quantitative estimate of drug-likeness (QED) is 0.759. The Morgan fingerprint density at radius 1 is 1.17 bits per heavy atom. The molecule has 1 amide bonds. The van der Waals surface area contributed by atoms with E-state index in [9.17, 15) is 13.2 Å². The molecule has 2 rings (SSSR count). The van der Waals surface area contributed by atoms with Crippen LogP contribution in [-0.4, -0.2) is 39.7 Å². The molecule has 0 unspecified atom stereocenters. The van der Waals surface area contributed by atoms with Gasteiger partial charge in [0.1, 0.15) is 0 Å². The summed E-state index contributed by atoms with van der Waals surface area (Å²) in [6.45, 7) is 3.84. The molecule has 1 heterocycles. The fourth-order valence-electron chi connectivity index (χ4n) is 2.52. The second-order valence-electron chi connectivity index (χ2n) is 5.78. The Morgan fingerprint density at radius 2 is 1.83 bits per heavy atom. The van der Waals surface area contributed by atoms with Gasteiger partial charge in [0.25, 0.3) is 0 Å². The van der Waals surface area contributed by atoms with Crippen molar-refractivity contribution >= 4 is 27.3 Å². The van der Waals surface area contributed by atoms with Crippen molar-refractivity contribution in [1.29, 1.82) is 0 Å². The van der Waals surface area contributed by atoms with Gasteiger partial charge in [0, 0.05) is 24.5 Å². The standard InChI is InChI=1S/C16H25N3O3S/c1-2-3-12-23(21,22)17-13-16(20)18-14-6-8-15(9-7-14)19-10-4-5-11-19/h6-9,17H,2-5,10-13H2,1H3,(H,18,20). The summed E-state index contributed by atoms with van der Waals surface area (Å²) in [5, 5.41) is 2.70. The summed E-state index contributed by atoms with van der Waals surface area (Å²) in [7, 11) is -3.37. The van der Waals surface area contributed by atoms with Gasteiger partial charge in [-0.05, 0) is 43.5 Å². The Labute approximate surface area is 138 Å². The van der Waals surface area contributed by atoms with Crippen LogP contribution in [0.3, 0.4) is 0 Å². The van der Waals surface area contributed by atoms with Crippen LogP contribution in [0.4, 0.5) is 11.4 Å². The minimum Gasteiger partial charge on any atom is -0.372 e. The molecule has 1 aliphatic heterocycles. The van der Waals surface area contributed by atoms with Crippen LogP contribution in [0.25, 0.3) is 0 Å². The highest BCUT2D eigenvalue weighted by Crippen LogP contribution is 2.21. The molecule has 7 heteroatoms. The fraction of sp³-hybridized carbons (Fsp3) is 0.562. The number of unbranched alkanes of at least 4 members (excludes halogenated alkanes) is 1. The first-order chi connectivity index (χ1) is 11.0. The van der Waals surface area contributed by atoms with Gasteiger partial charge in [0.15, 0.2) is 0 Å². The molecule has 1 aromatic rings. The molecule has 1 saturated heterocycles. The van der Waals surface area contributed by atoms with Crippen molar-refractivity contribution < 1.29 is 13.2 Å². The zero-order valence-corrected chi connectivity index (χ0v) is 14.4. The van der Waals surface area contributed by atoms with E-state index in [-0.39, 0.29) is 18.2 Å². The first kappa shape index (κ1) is 17.7. The maximum Gasteiger partial charge on any atom is 0.239 e. The summed E-state index contributed by atoms with van der Waals surface area (Å²) in [5.41, 5.74) is 1.83. The predicted octanol–water partition coefficient (Wildman–Crippen LogP) is 1.94. The average Bonchev–Trinajstić information content (AvgIpc) is 3.06.